The minimum Gasteiger partial charge on any atom is -0.355 e. The summed E-state index contributed by atoms with van der Waals surface area (Å²) in [6, 6.07) is 12.7. The van der Waals surface area contributed by atoms with E-state index in [2.05, 4.69) is 10.0 Å². The van der Waals surface area contributed by atoms with Crippen LogP contribution in [0.1, 0.15) is 23.5 Å². The molecule has 0 aliphatic heterocycles. The van der Waals surface area contributed by atoms with Gasteiger partial charge in [0.15, 0.2) is 0 Å². The van der Waals surface area contributed by atoms with Gasteiger partial charge in [0, 0.05) is 19.0 Å². The van der Waals surface area contributed by atoms with Gasteiger partial charge in [-0.25, -0.2) is 17.5 Å². The number of benzene rings is 2. The molecule has 2 aromatic rings. The highest BCUT2D eigenvalue weighted by Gasteiger charge is 2.43. The zero-order valence-electron chi connectivity index (χ0n) is 14.4. The fraction of sp³-hybridized carbons (Fsp3) is 0.316. The topological polar surface area (TPSA) is 75.3 Å². The van der Waals surface area contributed by atoms with E-state index in [0.29, 0.717) is 0 Å². The molecule has 1 amide bonds. The molecule has 0 radical (unpaired) electrons. The van der Waals surface area contributed by atoms with E-state index in [1.807, 2.05) is 6.92 Å². The fourth-order valence-corrected chi connectivity index (χ4v) is 3.90. The highest BCUT2D eigenvalue weighted by atomic mass is 32.2. The van der Waals surface area contributed by atoms with Crippen LogP contribution in [0.5, 0.6) is 0 Å². The van der Waals surface area contributed by atoms with Gasteiger partial charge in [-0.05, 0) is 49.1 Å². The number of hydrogen-bond donors (Lipinski definition) is 2. The number of amides is 1. The standard InChI is InChI=1S/C19H21FN2O3S/c1-13-2-8-16(9-3-13)26(24,25)22-11-10-21-19(23)18-12-17(18)14-4-6-15(20)7-5-14/h2-9,17-18,22H,10-12H2,1H3,(H,21,23). The van der Waals surface area contributed by atoms with E-state index < -0.39 is 10.0 Å². The molecule has 1 aliphatic carbocycles. The molecule has 2 N–H and O–H groups in total. The summed E-state index contributed by atoms with van der Waals surface area (Å²) in [5.74, 6) is -0.417. The molecule has 138 valence electrons. The van der Waals surface area contributed by atoms with Crippen LogP contribution in [0.2, 0.25) is 0 Å². The molecule has 0 saturated heterocycles. The Balaban J connectivity index is 1.43. The van der Waals surface area contributed by atoms with Crippen molar-refractivity contribution in [1.82, 2.24) is 10.0 Å². The van der Waals surface area contributed by atoms with Crippen LogP contribution < -0.4 is 10.0 Å². The van der Waals surface area contributed by atoms with Crippen LogP contribution in [-0.2, 0) is 14.8 Å². The van der Waals surface area contributed by atoms with Crippen molar-refractivity contribution in [2.75, 3.05) is 13.1 Å². The highest BCUT2D eigenvalue weighted by molar-refractivity contribution is 7.89. The molecule has 1 saturated carbocycles. The maximum absolute atomic E-state index is 12.9. The zero-order valence-corrected chi connectivity index (χ0v) is 15.2. The average molecular weight is 376 g/mol. The Kier molecular flexibility index (Phi) is 5.38. The minimum absolute atomic E-state index is 0.103. The van der Waals surface area contributed by atoms with Gasteiger partial charge in [0.1, 0.15) is 5.82 Å². The van der Waals surface area contributed by atoms with Gasteiger partial charge in [-0.2, -0.15) is 0 Å². The Morgan fingerprint density at radius 2 is 1.73 bits per heavy atom. The van der Waals surface area contributed by atoms with Crippen molar-refractivity contribution < 1.29 is 17.6 Å². The molecule has 2 atom stereocenters. The molecular formula is C19H21FN2O3S. The Labute approximate surface area is 152 Å². The second kappa shape index (κ2) is 7.55. The molecule has 5 nitrogen and oxygen atoms in total. The van der Waals surface area contributed by atoms with Crippen molar-refractivity contribution in [2.45, 2.75) is 24.2 Å². The molecule has 7 heteroatoms. The van der Waals surface area contributed by atoms with Crippen molar-refractivity contribution in [1.29, 1.82) is 0 Å². The Morgan fingerprint density at radius 1 is 1.08 bits per heavy atom. The van der Waals surface area contributed by atoms with Crippen LogP contribution in [-0.4, -0.2) is 27.4 Å². The summed E-state index contributed by atoms with van der Waals surface area (Å²) >= 11 is 0. The summed E-state index contributed by atoms with van der Waals surface area (Å²) < 4.78 is 39.7. The monoisotopic (exact) mass is 376 g/mol. The summed E-state index contributed by atoms with van der Waals surface area (Å²) in [5, 5.41) is 2.75. The van der Waals surface area contributed by atoms with Crippen molar-refractivity contribution in [3.05, 3.63) is 65.5 Å². The van der Waals surface area contributed by atoms with E-state index in [1.165, 1.54) is 12.1 Å². The lowest BCUT2D eigenvalue weighted by molar-refractivity contribution is -0.122. The van der Waals surface area contributed by atoms with E-state index in [4.69, 9.17) is 0 Å². The van der Waals surface area contributed by atoms with Crippen molar-refractivity contribution in [3.63, 3.8) is 0 Å². The lowest BCUT2D eigenvalue weighted by Gasteiger charge is -2.08. The summed E-state index contributed by atoms with van der Waals surface area (Å²) in [7, 11) is -3.57. The predicted octanol–water partition coefficient (Wildman–Crippen LogP) is 2.33. The third-order valence-corrected chi connectivity index (χ3v) is 5.95. The van der Waals surface area contributed by atoms with Gasteiger partial charge in [-0.1, -0.05) is 29.8 Å². The third-order valence-electron chi connectivity index (χ3n) is 4.47. The van der Waals surface area contributed by atoms with Crippen molar-refractivity contribution in [3.8, 4) is 0 Å². The van der Waals surface area contributed by atoms with Gasteiger partial charge in [-0.15, -0.1) is 0 Å². The number of halogens is 1. The van der Waals surface area contributed by atoms with Crippen LogP contribution in [0.3, 0.4) is 0 Å². The van der Waals surface area contributed by atoms with Gasteiger partial charge in [0.05, 0.1) is 4.90 Å². The molecule has 1 fully saturated rings. The molecule has 1 aliphatic rings. The number of carbonyl (C=O) groups is 1. The van der Waals surface area contributed by atoms with Gasteiger partial charge < -0.3 is 5.32 Å². The van der Waals surface area contributed by atoms with E-state index in [-0.39, 0.29) is 41.5 Å². The minimum atomic E-state index is -3.57. The molecule has 0 spiro atoms. The van der Waals surface area contributed by atoms with Gasteiger partial charge in [0.2, 0.25) is 15.9 Å². The molecule has 2 aromatic carbocycles. The summed E-state index contributed by atoms with van der Waals surface area (Å²) in [6.07, 6.45) is 0.729. The normalized spacial score (nSPS) is 19.2. The quantitative estimate of drug-likeness (QED) is 0.729. The molecule has 0 bridgehead atoms. The van der Waals surface area contributed by atoms with Crippen LogP contribution >= 0.6 is 0 Å². The summed E-state index contributed by atoms with van der Waals surface area (Å²) in [4.78, 5) is 12.3. The summed E-state index contributed by atoms with van der Waals surface area (Å²) in [6.45, 7) is 2.23. The first-order chi connectivity index (χ1) is 12.4. The number of sulfonamides is 1. The summed E-state index contributed by atoms with van der Waals surface area (Å²) in [5.41, 5.74) is 1.93. The largest absolute Gasteiger partial charge is 0.355 e. The second-order valence-corrected chi connectivity index (χ2v) is 8.27. The van der Waals surface area contributed by atoms with Gasteiger partial charge in [0.25, 0.3) is 0 Å². The fourth-order valence-electron chi connectivity index (χ4n) is 2.87. The number of rotatable bonds is 7. The molecule has 2 unspecified atom stereocenters. The first-order valence-electron chi connectivity index (χ1n) is 8.46. The molecule has 0 heterocycles. The Morgan fingerprint density at radius 3 is 2.38 bits per heavy atom. The first kappa shape index (κ1) is 18.5. The van der Waals surface area contributed by atoms with E-state index in [9.17, 15) is 17.6 Å². The third kappa shape index (κ3) is 4.47. The Hall–Kier alpha value is -2.25. The molecule has 26 heavy (non-hydrogen) atoms. The Bertz CT molecular complexity index is 880. The van der Waals surface area contributed by atoms with Crippen LogP contribution in [0.4, 0.5) is 4.39 Å². The smallest absolute Gasteiger partial charge is 0.240 e. The lowest BCUT2D eigenvalue weighted by Crippen LogP contribution is -2.35. The number of aryl methyl sites for hydroxylation is 1. The maximum Gasteiger partial charge on any atom is 0.240 e. The van der Waals surface area contributed by atoms with Gasteiger partial charge >= 0.3 is 0 Å². The predicted molar refractivity (Wildman–Crippen MR) is 96.6 cm³/mol. The van der Waals surface area contributed by atoms with E-state index in [0.717, 1.165) is 17.5 Å². The molecule has 0 aromatic heterocycles. The zero-order chi connectivity index (χ0) is 18.7. The number of carbonyl (C=O) groups excluding carboxylic acids is 1. The SMILES string of the molecule is Cc1ccc(S(=O)(=O)NCCNC(=O)C2CC2c2ccc(F)cc2)cc1. The number of hydrogen-bond acceptors (Lipinski definition) is 3. The number of nitrogens with one attached hydrogen (secondary N) is 2. The van der Waals surface area contributed by atoms with Crippen LogP contribution in [0.25, 0.3) is 0 Å². The van der Waals surface area contributed by atoms with Gasteiger partial charge in [-0.3, -0.25) is 4.79 Å². The lowest BCUT2D eigenvalue weighted by atomic mass is 10.1. The molecular weight excluding hydrogens is 355 g/mol. The van der Waals surface area contributed by atoms with Crippen molar-refractivity contribution >= 4 is 15.9 Å². The highest BCUT2D eigenvalue weighted by Crippen LogP contribution is 2.47. The second-order valence-electron chi connectivity index (χ2n) is 6.50. The van der Waals surface area contributed by atoms with Crippen molar-refractivity contribution in [2.24, 2.45) is 5.92 Å². The van der Waals surface area contributed by atoms with E-state index in [1.54, 1.807) is 36.4 Å². The van der Waals surface area contributed by atoms with Crippen LogP contribution in [0.15, 0.2) is 53.4 Å². The molecule has 3 rings (SSSR count). The van der Waals surface area contributed by atoms with Crippen LogP contribution in [0, 0.1) is 18.7 Å². The van der Waals surface area contributed by atoms with E-state index >= 15 is 0 Å². The maximum atomic E-state index is 12.9. The average Bonchev–Trinajstić information content (AvgIpc) is 3.40. The first-order valence-corrected chi connectivity index (χ1v) is 9.94.